The molecule has 0 aliphatic carbocycles. The van der Waals surface area contributed by atoms with E-state index in [1.165, 1.54) is 23.9 Å². The van der Waals surface area contributed by atoms with Gasteiger partial charge in [0.25, 0.3) is 11.5 Å². The lowest BCUT2D eigenvalue weighted by molar-refractivity contribution is 0.0698. The Labute approximate surface area is 154 Å². The number of nitrogens with zero attached hydrogens (tertiary/aromatic N) is 4. The molecule has 26 heavy (non-hydrogen) atoms. The fraction of sp³-hybridized carbons (Fsp3) is 0.333. The molecule has 0 radical (unpaired) electrons. The molecule has 3 aromatic rings. The van der Waals surface area contributed by atoms with E-state index in [0.717, 1.165) is 23.9 Å². The SMILES string of the molecule is Cn1nc(C(=O)N2CCC(c3nc4cc(Cl)ccc4o3)CC2)ccc1=O. The summed E-state index contributed by atoms with van der Waals surface area (Å²) >= 11 is 5.99. The molecule has 7 nitrogen and oxygen atoms in total. The lowest BCUT2D eigenvalue weighted by Gasteiger charge is -2.30. The van der Waals surface area contributed by atoms with Crippen LogP contribution in [0, 0.1) is 0 Å². The second-order valence-corrected chi connectivity index (χ2v) is 6.85. The van der Waals surface area contributed by atoms with Crippen LogP contribution in [0.25, 0.3) is 11.1 Å². The predicted molar refractivity (Wildman–Crippen MR) is 96.4 cm³/mol. The minimum Gasteiger partial charge on any atom is -0.440 e. The second kappa shape index (κ2) is 6.57. The van der Waals surface area contributed by atoms with E-state index in [1.54, 1.807) is 17.0 Å². The number of fused-ring (bicyclic) bond motifs is 1. The maximum absolute atomic E-state index is 12.6. The number of carbonyl (C=O) groups is 1. The molecule has 1 aliphatic rings. The predicted octanol–water partition coefficient (Wildman–Crippen LogP) is 2.59. The Kier molecular flexibility index (Phi) is 4.24. The van der Waals surface area contributed by atoms with Crippen molar-refractivity contribution in [2.75, 3.05) is 13.1 Å². The van der Waals surface area contributed by atoms with Gasteiger partial charge in [-0.2, -0.15) is 5.10 Å². The number of benzene rings is 1. The van der Waals surface area contributed by atoms with Crippen molar-refractivity contribution in [3.63, 3.8) is 0 Å². The molecule has 0 saturated carbocycles. The maximum atomic E-state index is 12.6. The monoisotopic (exact) mass is 372 g/mol. The third-order valence-electron chi connectivity index (χ3n) is 4.68. The van der Waals surface area contributed by atoms with Crippen LogP contribution >= 0.6 is 11.6 Å². The van der Waals surface area contributed by atoms with Gasteiger partial charge >= 0.3 is 0 Å². The topological polar surface area (TPSA) is 81.2 Å². The van der Waals surface area contributed by atoms with Crippen molar-refractivity contribution in [3.05, 3.63) is 57.3 Å². The van der Waals surface area contributed by atoms with Gasteiger partial charge in [-0.3, -0.25) is 9.59 Å². The number of likely N-dealkylation sites (tertiary alicyclic amines) is 1. The second-order valence-electron chi connectivity index (χ2n) is 6.41. The molecule has 134 valence electrons. The van der Waals surface area contributed by atoms with E-state index in [4.69, 9.17) is 16.0 Å². The number of hydrogen-bond donors (Lipinski definition) is 0. The highest BCUT2D eigenvalue weighted by atomic mass is 35.5. The van der Waals surface area contributed by atoms with Gasteiger partial charge in [0, 0.05) is 37.1 Å². The zero-order valence-corrected chi connectivity index (χ0v) is 14.9. The number of rotatable bonds is 2. The number of hydrogen-bond acceptors (Lipinski definition) is 5. The third-order valence-corrected chi connectivity index (χ3v) is 4.91. The van der Waals surface area contributed by atoms with Crippen LogP contribution in [0.2, 0.25) is 5.02 Å². The molecule has 1 aliphatic heterocycles. The molecule has 1 saturated heterocycles. The number of halogens is 1. The lowest BCUT2D eigenvalue weighted by atomic mass is 9.96. The fourth-order valence-corrected chi connectivity index (χ4v) is 3.37. The first kappa shape index (κ1) is 16.8. The van der Waals surface area contributed by atoms with Gasteiger partial charge in [-0.25, -0.2) is 9.67 Å². The van der Waals surface area contributed by atoms with Crippen LogP contribution in [0.4, 0.5) is 0 Å². The molecule has 2 aromatic heterocycles. The van der Waals surface area contributed by atoms with Crippen LogP contribution in [0.3, 0.4) is 0 Å². The Morgan fingerprint density at radius 1 is 1.23 bits per heavy atom. The van der Waals surface area contributed by atoms with Gasteiger partial charge in [-0.05, 0) is 37.1 Å². The highest BCUT2D eigenvalue weighted by Gasteiger charge is 2.28. The number of aromatic nitrogens is 3. The van der Waals surface area contributed by atoms with E-state index in [0.29, 0.717) is 24.0 Å². The van der Waals surface area contributed by atoms with E-state index < -0.39 is 0 Å². The average Bonchev–Trinajstić information content (AvgIpc) is 3.06. The Morgan fingerprint density at radius 3 is 2.73 bits per heavy atom. The van der Waals surface area contributed by atoms with E-state index >= 15 is 0 Å². The summed E-state index contributed by atoms with van der Waals surface area (Å²) in [6.07, 6.45) is 1.52. The van der Waals surface area contributed by atoms with Crippen LogP contribution in [-0.4, -0.2) is 38.7 Å². The van der Waals surface area contributed by atoms with Gasteiger partial charge in [-0.15, -0.1) is 0 Å². The van der Waals surface area contributed by atoms with Crippen molar-refractivity contribution in [2.45, 2.75) is 18.8 Å². The van der Waals surface area contributed by atoms with Crippen molar-refractivity contribution in [1.82, 2.24) is 19.7 Å². The standard InChI is InChI=1S/C18H17ClN4O3/c1-22-16(24)5-3-13(21-22)18(25)23-8-6-11(7-9-23)17-20-14-10-12(19)2-4-15(14)26-17/h2-5,10-11H,6-9H2,1H3. The molecule has 0 N–H and O–H groups in total. The van der Waals surface area contributed by atoms with Crippen molar-refractivity contribution in [3.8, 4) is 0 Å². The summed E-state index contributed by atoms with van der Waals surface area (Å²) in [6.45, 7) is 1.18. The number of carbonyl (C=O) groups excluding carboxylic acids is 1. The van der Waals surface area contributed by atoms with Crippen LogP contribution < -0.4 is 5.56 Å². The summed E-state index contributed by atoms with van der Waals surface area (Å²) < 4.78 is 7.02. The molecule has 1 amide bonds. The third kappa shape index (κ3) is 3.10. The highest BCUT2D eigenvalue weighted by molar-refractivity contribution is 6.31. The molecule has 0 spiro atoms. The number of amides is 1. The van der Waals surface area contributed by atoms with E-state index in [1.807, 2.05) is 6.07 Å². The zero-order chi connectivity index (χ0) is 18.3. The summed E-state index contributed by atoms with van der Waals surface area (Å²) in [5, 5.41) is 4.66. The molecular formula is C18H17ClN4O3. The van der Waals surface area contributed by atoms with Crippen molar-refractivity contribution < 1.29 is 9.21 Å². The van der Waals surface area contributed by atoms with Crippen LogP contribution in [0.5, 0.6) is 0 Å². The lowest BCUT2D eigenvalue weighted by Crippen LogP contribution is -2.39. The molecule has 4 rings (SSSR count). The number of piperidine rings is 1. The summed E-state index contributed by atoms with van der Waals surface area (Å²) in [5.41, 5.74) is 1.51. The summed E-state index contributed by atoms with van der Waals surface area (Å²) in [4.78, 5) is 30.3. The van der Waals surface area contributed by atoms with Gasteiger partial charge in [-0.1, -0.05) is 11.6 Å². The number of oxazole rings is 1. The minimum atomic E-state index is -0.240. The fourth-order valence-electron chi connectivity index (χ4n) is 3.20. The molecule has 1 aromatic carbocycles. The van der Waals surface area contributed by atoms with Crippen molar-refractivity contribution in [1.29, 1.82) is 0 Å². The van der Waals surface area contributed by atoms with Gasteiger partial charge < -0.3 is 9.32 Å². The molecule has 0 unspecified atom stereocenters. The molecule has 1 fully saturated rings. The Bertz CT molecular complexity index is 1030. The quantitative estimate of drug-likeness (QED) is 0.690. The van der Waals surface area contributed by atoms with Crippen molar-refractivity contribution in [2.24, 2.45) is 7.05 Å². The smallest absolute Gasteiger partial charge is 0.274 e. The van der Waals surface area contributed by atoms with Crippen LogP contribution in [0.15, 0.2) is 39.5 Å². The Morgan fingerprint density at radius 2 is 2.00 bits per heavy atom. The Balaban J connectivity index is 1.46. The van der Waals surface area contributed by atoms with E-state index in [-0.39, 0.29) is 23.1 Å². The molecular weight excluding hydrogens is 356 g/mol. The molecule has 3 heterocycles. The largest absolute Gasteiger partial charge is 0.440 e. The van der Waals surface area contributed by atoms with E-state index in [9.17, 15) is 9.59 Å². The molecule has 0 atom stereocenters. The summed E-state index contributed by atoms with van der Waals surface area (Å²) in [5.74, 6) is 0.691. The summed E-state index contributed by atoms with van der Waals surface area (Å²) in [7, 11) is 1.53. The molecule has 8 heteroatoms. The summed E-state index contributed by atoms with van der Waals surface area (Å²) in [6, 6.07) is 8.21. The van der Waals surface area contributed by atoms with Crippen LogP contribution in [0.1, 0.15) is 35.1 Å². The first-order chi connectivity index (χ1) is 12.5. The van der Waals surface area contributed by atoms with Gasteiger partial charge in [0.15, 0.2) is 11.5 Å². The first-order valence-corrected chi connectivity index (χ1v) is 8.79. The normalized spacial score (nSPS) is 15.5. The average molecular weight is 373 g/mol. The Hall–Kier alpha value is -2.67. The minimum absolute atomic E-state index is 0.164. The van der Waals surface area contributed by atoms with Crippen LogP contribution in [-0.2, 0) is 7.05 Å². The zero-order valence-electron chi connectivity index (χ0n) is 14.2. The first-order valence-electron chi connectivity index (χ1n) is 8.41. The van der Waals surface area contributed by atoms with E-state index in [2.05, 4.69) is 10.1 Å². The van der Waals surface area contributed by atoms with Gasteiger partial charge in [0.2, 0.25) is 0 Å². The number of aryl methyl sites for hydroxylation is 1. The maximum Gasteiger partial charge on any atom is 0.274 e. The van der Waals surface area contributed by atoms with Gasteiger partial charge in [0.05, 0.1) is 0 Å². The highest BCUT2D eigenvalue weighted by Crippen LogP contribution is 2.31. The van der Waals surface area contributed by atoms with Gasteiger partial charge in [0.1, 0.15) is 11.2 Å². The molecule has 0 bridgehead atoms. The van der Waals surface area contributed by atoms with Crippen molar-refractivity contribution >= 4 is 28.6 Å².